The van der Waals surface area contributed by atoms with Crippen LogP contribution < -0.4 is 5.32 Å². The van der Waals surface area contributed by atoms with E-state index in [0.29, 0.717) is 5.82 Å². The van der Waals surface area contributed by atoms with Gasteiger partial charge in [-0.1, -0.05) is 32.9 Å². The summed E-state index contributed by atoms with van der Waals surface area (Å²) in [5.41, 5.74) is 0.290. The molecule has 7 heteroatoms. The Hall–Kier alpha value is -2.70. The maximum Gasteiger partial charge on any atom is 0.257 e. The Morgan fingerprint density at radius 1 is 1.13 bits per heavy atom. The van der Waals surface area contributed by atoms with Gasteiger partial charge in [0.1, 0.15) is 18.2 Å². The van der Waals surface area contributed by atoms with Gasteiger partial charge in [-0.05, 0) is 46.8 Å². The number of anilines is 1. The normalized spacial score (nSPS) is 12.2. The Bertz CT molecular complexity index is 920. The molecule has 0 aliphatic rings. The third kappa shape index (κ3) is 5.46. The highest BCUT2D eigenvalue weighted by Gasteiger charge is 2.28. The van der Waals surface area contributed by atoms with Crippen molar-refractivity contribution in [3.63, 3.8) is 0 Å². The van der Waals surface area contributed by atoms with E-state index < -0.39 is 11.7 Å². The van der Waals surface area contributed by atoms with Crippen molar-refractivity contribution in [2.45, 2.75) is 72.4 Å². The van der Waals surface area contributed by atoms with Gasteiger partial charge in [-0.25, -0.2) is 9.07 Å². The predicted molar refractivity (Wildman–Crippen MR) is 117 cm³/mol. The Morgan fingerprint density at radius 3 is 2.23 bits per heavy atom. The maximum absolute atomic E-state index is 14.1. The van der Waals surface area contributed by atoms with Crippen LogP contribution in [0, 0.1) is 5.82 Å². The molecule has 0 fully saturated rings. The molecule has 0 aliphatic carbocycles. The van der Waals surface area contributed by atoms with Gasteiger partial charge in [0.25, 0.3) is 5.91 Å². The molecule has 164 valence electrons. The highest BCUT2D eigenvalue weighted by Crippen LogP contribution is 2.28. The van der Waals surface area contributed by atoms with E-state index in [0.717, 1.165) is 5.69 Å². The van der Waals surface area contributed by atoms with E-state index >= 15 is 0 Å². The number of aromatic nitrogens is 2. The van der Waals surface area contributed by atoms with Gasteiger partial charge in [-0.2, -0.15) is 5.10 Å². The van der Waals surface area contributed by atoms with Crippen LogP contribution in [0.3, 0.4) is 0 Å². The first-order valence-electron chi connectivity index (χ1n) is 10.2. The van der Waals surface area contributed by atoms with E-state index in [1.165, 1.54) is 23.1 Å². The molecule has 0 spiro atoms. The standard InChI is InChI=1S/C23H33FN4O2/c1-15(2)27(21(30)16-11-9-10-12-17(16)24)14-20(29)25-19-13-18(22(3,4)5)26-28(19)23(6,7)8/h9-13,15H,14H2,1-8H3,(H,25,29). The molecule has 0 bridgehead atoms. The summed E-state index contributed by atoms with van der Waals surface area (Å²) in [5.74, 6) is -0.911. The van der Waals surface area contributed by atoms with E-state index in [-0.39, 0.29) is 35.0 Å². The molecule has 0 radical (unpaired) electrons. The lowest BCUT2D eigenvalue weighted by atomic mass is 9.92. The van der Waals surface area contributed by atoms with Crippen LogP contribution in [0.25, 0.3) is 0 Å². The lowest BCUT2D eigenvalue weighted by Gasteiger charge is -2.27. The number of rotatable bonds is 5. The molecule has 1 N–H and O–H groups in total. The first-order valence-corrected chi connectivity index (χ1v) is 10.2. The smallest absolute Gasteiger partial charge is 0.257 e. The summed E-state index contributed by atoms with van der Waals surface area (Å²) in [5, 5.41) is 7.58. The van der Waals surface area contributed by atoms with E-state index in [9.17, 15) is 14.0 Å². The molecule has 1 heterocycles. The molecular formula is C23H33FN4O2. The fourth-order valence-corrected chi connectivity index (χ4v) is 2.96. The fraction of sp³-hybridized carbons (Fsp3) is 0.522. The molecule has 1 aromatic carbocycles. The van der Waals surface area contributed by atoms with Crippen LogP contribution in [0.2, 0.25) is 0 Å². The van der Waals surface area contributed by atoms with Crippen LogP contribution in [0.4, 0.5) is 10.2 Å². The van der Waals surface area contributed by atoms with Crippen LogP contribution in [0.5, 0.6) is 0 Å². The highest BCUT2D eigenvalue weighted by atomic mass is 19.1. The Balaban J connectivity index is 2.27. The molecule has 1 aromatic heterocycles. The second-order valence-electron chi connectivity index (χ2n) is 9.80. The SMILES string of the molecule is CC(C)N(CC(=O)Nc1cc(C(C)(C)C)nn1C(C)(C)C)C(=O)c1ccccc1F. The number of hydrogen-bond acceptors (Lipinski definition) is 3. The predicted octanol–water partition coefficient (Wildman–Crippen LogP) is 4.56. The van der Waals surface area contributed by atoms with Gasteiger partial charge in [0, 0.05) is 17.5 Å². The summed E-state index contributed by atoms with van der Waals surface area (Å²) >= 11 is 0. The molecule has 0 aliphatic heterocycles. The number of amides is 2. The Kier molecular flexibility index (Phi) is 6.74. The molecule has 2 rings (SSSR count). The average Bonchev–Trinajstić information content (AvgIpc) is 3.03. The Labute approximate surface area is 178 Å². The van der Waals surface area contributed by atoms with E-state index in [1.807, 2.05) is 26.8 Å². The maximum atomic E-state index is 14.1. The molecule has 0 unspecified atom stereocenters. The number of carbonyl (C=O) groups is 2. The molecule has 6 nitrogen and oxygen atoms in total. The van der Waals surface area contributed by atoms with E-state index in [2.05, 4.69) is 31.2 Å². The zero-order chi connectivity index (χ0) is 22.9. The first-order chi connectivity index (χ1) is 13.7. The minimum absolute atomic E-state index is 0.0475. The van der Waals surface area contributed by atoms with E-state index in [4.69, 9.17) is 0 Å². The minimum Gasteiger partial charge on any atom is -0.327 e. The van der Waals surface area contributed by atoms with Crippen molar-refractivity contribution in [1.82, 2.24) is 14.7 Å². The molecule has 0 atom stereocenters. The monoisotopic (exact) mass is 416 g/mol. The number of carbonyl (C=O) groups excluding carboxylic acids is 2. The lowest BCUT2D eigenvalue weighted by Crippen LogP contribution is -2.43. The second-order valence-corrected chi connectivity index (χ2v) is 9.80. The van der Waals surface area contributed by atoms with Gasteiger partial charge in [-0.3, -0.25) is 9.59 Å². The summed E-state index contributed by atoms with van der Waals surface area (Å²) in [6.45, 7) is 15.6. The van der Waals surface area contributed by atoms with Gasteiger partial charge >= 0.3 is 0 Å². The number of halogens is 1. The number of nitrogens with one attached hydrogen (secondary N) is 1. The van der Waals surface area contributed by atoms with Crippen molar-refractivity contribution in [2.24, 2.45) is 0 Å². The quantitative estimate of drug-likeness (QED) is 0.777. The highest BCUT2D eigenvalue weighted by molar-refractivity contribution is 5.99. The summed E-state index contributed by atoms with van der Waals surface area (Å²) in [6.07, 6.45) is 0. The van der Waals surface area contributed by atoms with Crippen molar-refractivity contribution in [1.29, 1.82) is 0 Å². The largest absolute Gasteiger partial charge is 0.327 e. The third-order valence-electron chi connectivity index (χ3n) is 4.68. The van der Waals surface area contributed by atoms with Crippen LogP contribution in [-0.4, -0.2) is 39.1 Å². The average molecular weight is 417 g/mol. The van der Waals surface area contributed by atoms with Crippen LogP contribution in [0.15, 0.2) is 30.3 Å². The molecular weight excluding hydrogens is 383 g/mol. The van der Waals surface area contributed by atoms with Gasteiger partial charge < -0.3 is 10.2 Å². The van der Waals surface area contributed by atoms with Gasteiger partial charge in [-0.15, -0.1) is 0 Å². The van der Waals surface area contributed by atoms with Gasteiger partial charge in [0.05, 0.1) is 16.8 Å². The topological polar surface area (TPSA) is 67.2 Å². The summed E-state index contributed by atoms with van der Waals surface area (Å²) in [6, 6.07) is 7.38. The third-order valence-corrected chi connectivity index (χ3v) is 4.68. The summed E-state index contributed by atoms with van der Waals surface area (Å²) < 4.78 is 15.9. The van der Waals surface area contributed by atoms with Crippen molar-refractivity contribution in [3.05, 3.63) is 47.4 Å². The van der Waals surface area contributed by atoms with Crippen molar-refractivity contribution < 1.29 is 14.0 Å². The van der Waals surface area contributed by atoms with Crippen molar-refractivity contribution in [3.8, 4) is 0 Å². The van der Waals surface area contributed by atoms with Crippen LogP contribution in [0.1, 0.15) is 71.4 Å². The number of nitrogens with zero attached hydrogens (tertiary/aromatic N) is 3. The molecule has 2 amide bonds. The minimum atomic E-state index is -0.603. The molecule has 30 heavy (non-hydrogen) atoms. The zero-order valence-electron chi connectivity index (χ0n) is 19.2. The summed E-state index contributed by atoms with van der Waals surface area (Å²) in [4.78, 5) is 27.0. The second kappa shape index (κ2) is 8.58. The fourth-order valence-electron chi connectivity index (χ4n) is 2.96. The first kappa shape index (κ1) is 23.6. The van der Waals surface area contributed by atoms with Crippen LogP contribution >= 0.6 is 0 Å². The molecule has 2 aromatic rings. The number of hydrogen-bond donors (Lipinski definition) is 1. The van der Waals surface area contributed by atoms with Crippen LogP contribution in [-0.2, 0) is 15.7 Å². The summed E-state index contributed by atoms with van der Waals surface area (Å²) in [7, 11) is 0. The van der Waals surface area contributed by atoms with Crippen molar-refractivity contribution >= 4 is 17.6 Å². The Morgan fingerprint density at radius 2 is 1.73 bits per heavy atom. The van der Waals surface area contributed by atoms with Gasteiger partial charge in [0.15, 0.2) is 0 Å². The van der Waals surface area contributed by atoms with E-state index in [1.54, 1.807) is 24.6 Å². The lowest BCUT2D eigenvalue weighted by molar-refractivity contribution is -0.117. The number of benzene rings is 1. The van der Waals surface area contributed by atoms with Gasteiger partial charge in [0.2, 0.25) is 5.91 Å². The molecule has 0 saturated heterocycles. The van der Waals surface area contributed by atoms with Crippen molar-refractivity contribution in [2.75, 3.05) is 11.9 Å². The zero-order valence-corrected chi connectivity index (χ0v) is 19.2. The molecule has 0 saturated carbocycles.